The minimum Gasteiger partial charge on any atom is -0.495 e. The van der Waals surface area contributed by atoms with Crippen molar-refractivity contribution in [2.24, 2.45) is 0 Å². The maximum Gasteiger partial charge on any atom is 0.141 e. The maximum absolute atomic E-state index is 6.66. The van der Waals surface area contributed by atoms with Gasteiger partial charge in [-0.05, 0) is 52.2 Å². The summed E-state index contributed by atoms with van der Waals surface area (Å²) in [4.78, 5) is 0. The minimum absolute atomic E-state index is 0.360. The van der Waals surface area contributed by atoms with Crippen molar-refractivity contribution in [3.8, 4) is 11.5 Å². The number of rotatable bonds is 4. The van der Waals surface area contributed by atoms with E-state index in [4.69, 9.17) is 32.7 Å². The molecule has 0 N–H and O–H groups in total. The highest BCUT2D eigenvalue weighted by Crippen LogP contribution is 2.44. The molecule has 0 heterocycles. The summed E-state index contributed by atoms with van der Waals surface area (Å²) in [7, 11) is 3.22. The number of alkyl halides is 1. The number of ether oxygens (including phenoxy) is 2. The number of hydrogen-bond acceptors (Lipinski definition) is 2. The van der Waals surface area contributed by atoms with E-state index in [0.717, 1.165) is 21.2 Å². The van der Waals surface area contributed by atoms with Gasteiger partial charge in [-0.15, -0.1) is 11.6 Å². The van der Waals surface area contributed by atoms with Crippen molar-refractivity contribution in [3.05, 3.63) is 56.5 Å². The molecule has 0 radical (unpaired) electrons. The van der Waals surface area contributed by atoms with Crippen LogP contribution >= 0.6 is 39.1 Å². The lowest BCUT2D eigenvalue weighted by Crippen LogP contribution is -2.01. The zero-order valence-corrected chi connectivity index (χ0v) is 15.0. The lowest BCUT2D eigenvalue weighted by molar-refractivity contribution is 0.386. The van der Waals surface area contributed by atoms with E-state index < -0.39 is 0 Å². The first-order chi connectivity index (χ1) is 10.0. The van der Waals surface area contributed by atoms with Gasteiger partial charge in [-0.25, -0.2) is 0 Å². The van der Waals surface area contributed by atoms with E-state index in [0.29, 0.717) is 16.5 Å². The van der Waals surface area contributed by atoms with Crippen LogP contribution in [0.5, 0.6) is 11.5 Å². The van der Waals surface area contributed by atoms with E-state index in [1.807, 2.05) is 37.3 Å². The largest absolute Gasteiger partial charge is 0.495 e. The van der Waals surface area contributed by atoms with E-state index >= 15 is 0 Å². The van der Waals surface area contributed by atoms with Gasteiger partial charge in [0.15, 0.2) is 0 Å². The molecule has 0 saturated heterocycles. The number of methoxy groups -OCH3 is 2. The van der Waals surface area contributed by atoms with Crippen LogP contribution in [0.15, 0.2) is 34.8 Å². The van der Waals surface area contributed by atoms with Crippen molar-refractivity contribution >= 4 is 39.1 Å². The van der Waals surface area contributed by atoms with Crippen LogP contribution in [0.1, 0.15) is 22.1 Å². The molecule has 0 aliphatic carbocycles. The highest BCUT2D eigenvalue weighted by molar-refractivity contribution is 9.10. The van der Waals surface area contributed by atoms with Crippen LogP contribution in [-0.2, 0) is 0 Å². The predicted octanol–water partition coefficient (Wildman–Crippen LogP) is 5.76. The Hall–Kier alpha value is -0.900. The normalized spacial score (nSPS) is 12.1. The molecule has 0 bridgehead atoms. The van der Waals surface area contributed by atoms with Crippen molar-refractivity contribution in [2.75, 3.05) is 14.2 Å². The molecule has 0 aromatic heterocycles. The van der Waals surface area contributed by atoms with Crippen LogP contribution < -0.4 is 9.47 Å². The molecule has 2 nitrogen and oxygen atoms in total. The second kappa shape index (κ2) is 6.91. The maximum atomic E-state index is 6.66. The van der Waals surface area contributed by atoms with E-state index in [-0.39, 0.29) is 5.38 Å². The molecule has 112 valence electrons. The Morgan fingerprint density at radius 2 is 1.76 bits per heavy atom. The van der Waals surface area contributed by atoms with Crippen LogP contribution in [0.2, 0.25) is 5.02 Å². The third kappa shape index (κ3) is 3.15. The van der Waals surface area contributed by atoms with Gasteiger partial charge in [0.05, 0.1) is 19.6 Å². The fraction of sp³-hybridized carbons (Fsp3) is 0.250. The van der Waals surface area contributed by atoms with Crippen LogP contribution in [0, 0.1) is 6.92 Å². The van der Waals surface area contributed by atoms with E-state index in [2.05, 4.69) is 15.9 Å². The molecule has 5 heteroatoms. The van der Waals surface area contributed by atoms with Crippen molar-refractivity contribution in [3.63, 3.8) is 0 Å². The monoisotopic (exact) mass is 388 g/mol. The summed E-state index contributed by atoms with van der Waals surface area (Å²) in [6.07, 6.45) is 0. The van der Waals surface area contributed by atoms with Gasteiger partial charge in [-0.2, -0.15) is 0 Å². The second-order valence-electron chi connectivity index (χ2n) is 4.52. The molecule has 1 unspecified atom stereocenters. The van der Waals surface area contributed by atoms with E-state index in [1.54, 1.807) is 14.2 Å². The summed E-state index contributed by atoms with van der Waals surface area (Å²) in [6, 6.07) is 9.48. The Bertz CT molecular complexity index is 659. The van der Waals surface area contributed by atoms with Gasteiger partial charge in [0.1, 0.15) is 16.0 Å². The summed E-state index contributed by atoms with van der Waals surface area (Å²) in [5.41, 5.74) is 2.78. The molecule has 0 aliphatic rings. The smallest absolute Gasteiger partial charge is 0.141 e. The lowest BCUT2D eigenvalue weighted by Gasteiger charge is -2.19. The third-order valence-corrected chi connectivity index (χ3v) is 5.00. The molecule has 1 atom stereocenters. The molecule has 0 spiro atoms. The van der Waals surface area contributed by atoms with Gasteiger partial charge < -0.3 is 9.47 Å². The number of benzene rings is 2. The zero-order valence-electron chi connectivity index (χ0n) is 11.9. The average molecular weight is 390 g/mol. The summed E-state index contributed by atoms with van der Waals surface area (Å²) in [5, 5.41) is 0.338. The zero-order chi connectivity index (χ0) is 15.6. The van der Waals surface area contributed by atoms with Crippen LogP contribution in [-0.4, -0.2) is 14.2 Å². The molecule has 0 saturated carbocycles. The molecule has 0 aliphatic heterocycles. The standard InChI is InChI=1S/C16H15BrCl2O2/c1-9-10(5-4-6-12(9)18)15(19)11-7-8-13(20-2)14(17)16(11)21-3/h4-8,15H,1-3H3. The molecule has 2 aromatic rings. The second-order valence-corrected chi connectivity index (χ2v) is 6.16. The number of hydrogen-bond donors (Lipinski definition) is 0. The minimum atomic E-state index is -0.360. The van der Waals surface area contributed by atoms with Crippen LogP contribution in [0.25, 0.3) is 0 Å². The Labute approximate surface area is 143 Å². The summed E-state index contributed by atoms with van der Waals surface area (Å²) < 4.78 is 11.5. The topological polar surface area (TPSA) is 18.5 Å². The first-order valence-corrected chi connectivity index (χ1v) is 7.91. The van der Waals surface area contributed by atoms with Crippen molar-refractivity contribution < 1.29 is 9.47 Å². The average Bonchev–Trinajstić information content (AvgIpc) is 2.49. The summed E-state index contributed by atoms with van der Waals surface area (Å²) >= 11 is 16.3. The highest BCUT2D eigenvalue weighted by Gasteiger charge is 2.22. The Morgan fingerprint density at radius 1 is 1.05 bits per heavy atom. The summed E-state index contributed by atoms with van der Waals surface area (Å²) in [6.45, 7) is 1.96. The molecular formula is C16H15BrCl2O2. The molecule has 0 amide bonds. The SMILES string of the molecule is COc1ccc(C(Cl)c2cccc(Cl)c2C)c(OC)c1Br. The third-order valence-electron chi connectivity index (χ3n) is 3.37. The molecular weight excluding hydrogens is 375 g/mol. The fourth-order valence-corrected chi connectivity index (χ4v) is 3.46. The van der Waals surface area contributed by atoms with Crippen LogP contribution in [0.3, 0.4) is 0 Å². The molecule has 2 aromatic carbocycles. The van der Waals surface area contributed by atoms with Gasteiger partial charge in [-0.1, -0.05) is 23.7 Å². The quantitative estimate of drug-likeness (QED) is 0.619. The van der Waals surface area contributed by atoms with Gasteiger partial charge in [0.2, 0.25) is 0 Å². The first-order valence-electron chi connectivity index (χ1n) is 6.30. The highest BCUT2D eigenvalue weighted by atomic mass is 79.9. The van der Waals surface area contributed by atoms with Crippen molar-refractivity contribution in [1.82, 2.24) is 0 Å². The molecule has 2 rings (SSSR count). The lowest BCUT2D eigenvalue weighted by atomic mass is 9.99. The van der Waals surface area contributed by atoms with Gasteiger partial charge in [0, 0.05) is 10.6 Å². The van der Waals surface area contributed by atoms with E-state index in [1.165, 1.54) is 0 Å². The Morgan fingerprint density at radius 3 is 2.38 bits per heavy atom. The molecule has 0 fully saturated rings. The van der Waals surface area contributed by atoms with Crippen LogP contribution in [0.4, 0.5) is 0 Å². The van der Waals surface area contributed by atoms with Gasteiger partial charge in [-0.3, -0.25) is 0 Å². The molecule has 21 heavy (non-hydrogen) atoms. The van der Waals surface area contributed by atoms with Crippen molar-refractivity contribution in [2.45, 2.75) is 12.3 Å². The number of halogens is 3. The first kappa shape index (κ1) is 16.5. The Kier molecular flexibility index (Phi) is 5.42. The van der Waals surface area contributed by atoms with Crippen molar-refractivity contribution in [1.29, 1.82) is 0 Å². The fourth-order valence-electron chi connectivity index (χ4n) is 2.18. The Balaban J connectivity index is 2.56. The predicted molar refractivity (Wildman–Crippen MR) is 91.1 cm³/mol. The van der Waals surface area contributed by atoms with Gasteiger partial charge >= 0.3 is 0 Å². The summed E-state index contributed by atoms with van der Waals surface area (Å²) in [5.74, 6) is 1.36. The van der Waals surface area contributed by atoms with Gasteiger partial charge in [0.25, 0.3) is 0 Å². The van der Waals surface area contributed by atoms with E-state index in [9.17, 15) is 0 Å².